The minimum absolute atomic E-state index is 0.0838. The average Bonchev–Trinajstić information content (AvgIpc) is 2.04. The van der Waals surface area contributed by atoms with E-state index in [1.807, 2.05) is 13.8 Å². The topological polar surface area (TPSA) is 42.1 Å². The van der Waals surface area contributed by atoms with Gasteiger partial charge in [0.1, 0.15) is 5.75 Å². The Morgan fingerprint density at radius 2 is 2.17 bits per heavy atom. The van der Waals surface area contributed by atoms with Gasteiger partial charge in [0.25, 0.3) is 0 Å². The van der Waals surface area contributed by atoms with Gasteiger partial charge in [-0.05, 0) is 5.92 Å². The SMILES string of the molecule is COc1c[nH]c(=O)cc1C(C)C. The molecular formula is C9H13NO2. The molecule has 0 bridgehead atoms. The molecule has 66 valence electrons. The monoisotopic (exact) mass is 167 g/mol. The second kappa shape index (κ2) is 3.43. The van der Waals surface area contributed by atoms with Crippen LogP contribution in [0.2, 0.25) is 0 Å². The highest BCUT2D eigenvalue weighted by Crippen LogP contribution is 2.22. The van der Waals surface area contributed by atoms with Crippen molar-refractivity contribution < 1.29 is 4.74 Å². The normalized spacial score (nSPS) is 10.3. The number of rotatable bonds is 2. The molecule has 0 spiro atoms. The van der Waals surface area contributed by atoms with E-state index < -0.39 is 0 Å². The Balaban J connectivity index is 3.21. The predicted molar refractivity (Wildman–Crippen MR) is 47.7 cm³/mol. The van der Waals surface area contributed by atoms with E-state index >= 15 is 0 Å². The van der Waals surface area contributed by atoms with Gasteiger partial charge in [-0.1, -0.05) is 13.8 Å². The van der Waals surface area contributed by atoms with Crippen LogP contribution < -0.4 is 10.3 Å². The maximum Gasteiger partial charge on any atom is 0.248 e. The number of nitrogens with one attached hydrogen (secondary N) is 1. The first-order chi connectivity index (χ1) is 5.65. The predicted octanol–water partition coefficient (Wildman–Crippen LogP) is 1.51. The van der Waals surface area contributed by atoms with Crippen molar-refractivity contribution >= 4 is 0 Å². The smallest absolute Gasteiger partial charge is 0.248 e. The fraction of sp³-hybridized carbons (Fsp3) is 0.444. The summed E-state index contributed by atoms with van der Waals surface area (Å²) >= 11 is 0. The first-order valence-electron chi connectivity index (χ1n) is 3.91. The van der Waals surface area contributed by atoms with Crippen LogP contribution in [0, 0.1) is 0 Å². The van der Waals surface area contributed by atoms with Crippen LogP contribution in [-0.4, -0.2) is 12.1 Å². The molecule has 0 saturated carbocycles. The molecule has 0 aliphatic rings. The first kappa shape index (κ1) is 8.84. The van der Waals surface area contributed by atoms with Gasteiger partial charge in [-0.3, -0.25) is 4.79 Å². The minimum Gasteiger partial charge on any atom is -0.495 e. The molecule has 3 heteroatoms. The molecule has 0 aliphatic carbocycles. The minimum atomic E-state index is -0.0838. The van der Waals surface area contributed by atoms with Crippen LogP contribution in [0.3, 0.4) is 0 Å². The van der Waals surface area contributed by atoms with Crippen molar-refractivity contribution in [2.75, 3.05) is 7.11 Å². The molecular weight excluding hydrogens is 154 g/mol. The number of aromatic amines is 1. The molecule has 1 N–H and O–H groups in total. The van der Waals surface area contributed by atoms with E-state index in [4.69, 9.17) is 4.74 Å². The summed E-state index contributed by atoms with van der Waals surface area (Å²) in [5, 5.41) is 0. The molecule has 1 rings (SSSR count). The summed E-state index contributed by atoms with van der Waals surface area (Å²) in [7, 11) is 1.60. The van der Waals surface area contributed by atoms with Crippen LogP contribution >= 0.6 is 0 Å². The summed E-state index contributed by atoms with van der Waals surface area (Å²) in [6.45, 7) is 4.05. The number of H-pyrrole nitrogens is 1. The number of aromatic nitrogens is 1. The summed E-state index contributed by atoms with van der Waals surface area (Å²) in [6.07, 6.45) is 1.59. The summed E-state index contributed by atoms with van der Waals surface area (Å²) < 4.78 is 5.09. The van der Waals surface area contributed by atoms with E-state index in [9.17, 15) is 4.79 Å². The Labute approximate surface area is 71.4 Å². The van der Waals surface area contributed by atoms with Gasteiger partial charge in [-0.15, -0.1) is 0 Å². The van der Waals surface area contributed by atoms with Crippen molar-refractivity contribution in [1.82, 2.24) is 4.98 Å². The lowest BCUT2D eigenvalue weighted by atomic mass is 10.0. The second-order valence-corrected chi connectivity index (χ2v) is 2.98. The molecule has 1 aromatic rings. The molecule has 0 aromatic carbocycles. The fourth-order valence-electron chi connectivity index (χ4n) is 1.10. The number of hydrogen-bond donors (Lipinski definition) is 1. The zero-order chi connectivity index (χ0) is 9.14. The molecule has 12 heavy (non-hydrogen) atoms. The van der Waals surface area contributed by atoms with Crippen molar-refractivity contribution in [3.05, 3.63) is 28.2 Å². The van der Waals surface area contributed by atoms with Crippen molar-refractivity contribution in [2.24, 2.45) is 0 Å². The first-order valence-corrected chi connectivity index (χ1v) is 3.91. The third-order valence-electron chi connectivity index (χ3n) is 1.76. The molecule has 3 nitrogen and oxygen atoms in total. The molecule has 0 radical (unpaired) electrons. The van der Waals surface area contributed by atoms with E-state index in [-0.39, 0.29) is 5.56 Å². The lowest BCUT2D eigenvalue weighted by molar-refractivity contribution is 0.405. The Kier molecular flexibility index (Phi) is 2.53. The average molecular weight is 167 g/mol. The van der Waals surface area contributed by atoms with Crippen LogP contribution in [0.4, 0.5) is 0 Å². The summed E-state index contributed by atoms with van der Waals surface area (Å²) in [6, 6.07) is 1.57. The number of ether oxygens (including phenoxy) is 1. The summed E-state index contributed by atoms with van der Waals surface area (Å²) in [5.74, 6) is 1.05. The van der Waals surface area contributed by atoms with Crippen molar-refractivity contribution in [3.63, 3.8) is 0 Å². The standard InChI is InChI=1S/C9H13NO2/c1-6(2)7-4-9(11)10-5-8(7)12-3/h4-6H,1-3H3,(H,10,11). The van der Waals surface area contributed by atoms with Crippen LogP contribution in [0.15, 0.2) is 17.1 Å². The maximum absolute atomic E-state index is 11.0. The highest BCUT2D eigenvalue weighted by Gasteiger charge is 2.06. The quantitative estimate of drug-likeness (QED) is 0.725. The molecule has 1 heterocycles. The highest BCUT2D eigenvalue weighted by atomic mass is 16.5. The van der Waals surface area contributed by atoms with Gasteiger partial charge in [-0.25, -0.2) is 0 Å². The number of hydrogen-bond acceptors (Lipinski definition) is 2. The van der Waals surface area contributed by atoms with Gasteiger partial charge >= 0.3 is 0 Å². The van der Waals surface area contributed by atoms with Crippen molar-refractivity contribution in [3.8, 4) is 5.75 Å². The molecule has 1 aromatic heterocycles. The Bertz CT molecular complexity index is 315. The number of methoxy groups -OCH3 is 1. The van der Waals surface area contributed by atoms with Gasteiger partial charge in [0.2, 0.25) is 5.56 Å². The molecule has 0 atom stereocenters. The van der Waals surface area contributed by atoms with Crippen LogP contribution in [0.5, 0.6) is 5.75 Å². The third-order valence-corrected chi connectivity index (χ3v) is 1.76. The van der Waals surface area contributed by atoms with Gasteiger partial charge in [0, 0.05) is 17.8 Å². The Hall–Kier alpha value is -1.25. The summed E-state index contributed by atoms with van der Waals surface area (Å²) in [4.78, 5) is 13.5. The van der Waals surface area contributed by atoms with Crippen LogP contribution in [0.1, 0.15) is 25.3 Å². The largest absolute Gasteiger partial charge is 0.495 e. The zero-order valence-corrected chi connectivity index (χ0v) is 7.55. The lowest BCUT2D eigenvalue weighted by Crippen LogP contribution is -2.07. The van der Waals surface area contributed by atoms with Crippen molar-refractivity contribution in [1.29, 1.82) is 0 Å². The van der Waals surface area contributed by atoms with Gasteiger partial charge < -0.3 is 9.72 Å². The van der Waals surface area contributed by atoms with Gasteiger partial charge in [-0.2, -0.15) is 0 Å². The van der Waals surface area contributed by atoms with Crippen molar-refractivity contribution in [2.45, 2.75) is 19.8 Å². The summed E-state index contributed by atoms with van der Waals surface area (Å²) in [5.41, 5.74) is 0.862. The van der Waals surface area contributed by atoms with E-state index in [1.54, 1.807) is 19.4 Å². The molecule has 0 saturated heterocycles. The Morgan fingerprint density at radius 1 is 1.50 bits per heavy atom. The third kappa shape index (κ3) is 1.67. The van der Waals surface area contributed by atoms with E-state index in [0.717, 1.165) is 11.3 Å². The highest BCUT2D eigenvalue weighted by molar-refractivity contribution is 5.32. The van der Waals surface area contributed by atoms with Gasteiger partial charge in [0.05, 0.1) is 7.11 Å². The van der Waals surface area contributed by atoms with Crippen LogP contribution in [-0.2, 0) is 0 Å². The van der Waals surface area contributed by atoms with E-state index in [0.29, 0.717) is 5.92 Å². The number of pyridine rings is 1. The van der Waals surface area contributed by atoms with Crippen LogP contribution in [0.25, 0.3) is 0 Å². The van der Waals surface area contributed by atoms with Gasteiger partial charge in [0.15, 0.2) is 0 Å². The Morgan fingerprint density at radius 3 is 2.67 bits per heavy atom. The molecule has 0 unspecified atom stereocenters. The van der Waals surface area contributed by atoms with E-state index in [1.165, 1.54) is 0 Å². The lowest BCUT2D eigenvalue weighted by Gasteiger charge is -2.09. The molecule has 0 aliphatic heterocycles. The zero-order valence-electron chi connectivity index (χ0n) is 7.55. The second-order valence-electron chi connectivity index (χ2n) is 2.98. The maximum atomic E-state index is 11.0. The fourth-order valence-corrected chi connectivity index (χ4v) is 1.10. The molecule has 0 fully saturated rings. The molecule has 0 amide bonds. The van der Waals surface area contributed by atoms with E-state index in [2.05, 4.69) is 4.98 Å².